The maximum atomic E-state index is 12.2. The molecule has 0 aliphatic carbocycles. The zero-order chi connectivity index (χ0) is 13.9. The molecule has 0 saturated carbocycles. The lowest BCUT2D eigenvalue weighted by Gasteiger charge is -2.33. The molecule has 1 aliphatic heterocycles. The Morgan fingerprint density at radius 3 is 3.00 bits per heavy atom. The number of piperidine rings is 1. The van der Waals surface area contributed by atoms with Crippen LogP contribution < -0.4 is 10.5 Å². The van der Waals surface area contributed by atoms with Gasteiger partial charge in [0.25, 0.3) is 10.2 Å². The lowest BCUT2D eigenvalue weighted by atomic mass is 10.1. The van der Waals surface area contributed by atoms with Gasteiger partial charge in [0.05, 0.1) is 12.2 Å². The number of nitrogens with one attached hydrogen (secondary N) is 1. The molecule has 1 aliphatic rings. The predicted octanol–water partition coefficient (Wildman–Crippen LogP) is 0.131. The van der Waals surface area contributed by atoms with Crippen LogP contribution in [0.15, 0.2) is 10.6 Å². The SMILES string of the molecule is Cc1cc(CNS(=O)(=O)N2CCCCC2CN)no1. The topological polar surface area (TPSA) is 101 Å². The van der Waals surface area contributed by atoms with Crippen molar-refractivity contribution in [1.29, 1.82) is 0 Å². The Hall–Kier alpha value is -0.960. The monoisotopic (exact) mass is 288 g/mol. The highest BCUT2D eigenvalue weighted by atomic mass is 32.2. The van der Waals surface area contributed by atoms with Gasteiger partial charge in [0, 0.05) is 25.2 Å². The van der Waals surface area contributed by atoms with Crippen LogP contribution in [0.4, 0.5) is 0 Å². The van der Waals surface area contributed by atoms with Crippen LogP contribution in [0.1, 0.15) is 30.7 Å². The molecule has 0 spiro atoms. The summed E-state index contributed by atoms with van der Waals surface area (Å²) in [5.41, 5.74) is 6.21. The van der Waals surface area contributed by atoms with Crippen LogP contribution in [-0.2, 0) is 16.8 Å². The second-order valence-corrected chi connectivity index (χ2v) is 6.46. The molecule has 0 amide bonds. The van der Waals surface area contributed by atoms with Gasteiger partial charge >= 0.3 is 0 Å². The van der Waals surface area contributed by atoms with Crippen LogP contribution >= 0.6 is 0 Å². The van der Waals surface area contributed by atoms with Gasteiger partial charge in [0.1, 0.15) is 5.76 Å². The average molecular weight is 288 g/mol. The molecule has 1 aromatic heterocycles. The van der Waals surface area contributed by atoms with Gasteiger partial charge in [0.2, 0.25) is 0 Å². The van der Waals surface area contributed by atoms with Gasteiger partial charge in [-0.25, -0.2) is 0 Å². The summed E-state index contributed by atoms with van der Waals surface area (Å²) >= 11 is 0. The fourth-order valence-corrected chi connectivity index (χ4v) is 3.72. The first kappa shape index (κ1) is 14.4. The number of aryl methyl sites for hydroxylation is 1. The molecule has 1 atom stereocenters. The van der Waals surface area contributed by atoms with Gasteiger partial charge in [-0.05, 0) is 19.8 Å². The summed E-state index contributed by atoms with van der Waals surface area (Å²) in [5, 5.41) is 3.76. The van der Waals surface area contributed by atoms with Crippen LogP contribution in [-0.4, -0.2) is 37.0 Å². The summed E-state index contributed by atoms with van der Waals surface area (Å²) in [4.78, 5) is 0. The summed E-state index contributed by atoms with van der Waals surface area (Å²) in [6.45, 7) is 2.77. The Morgan fingerprint density at radius 1 is 1.58 bits per heavy atom. The Balaban J connectivity index is 2.00. The van der Waals surface area contributed by atoms with Crippen LogP contribution in [0, 0.1) is 6.92 Å². The van der Waals surface area contributed by atoms with Gasteiger partial charge in [0.15, 0.2) is 0 Å². The fraction of sp³-hybridized carbons (Fsp3) is 0.727. The zero-order valence-electron chi connectivity index (χ0n) is 11.0. The number of hydrogen-bond acceptors (Lipinski definition) is 5. The normalized spacial score (nSPS) is 21.7. The summed E-state index contributed by atoms with van der Waals surface area (Å²) < 4.78 is 33.4. The van der Waals surface area contributed by atoms with Gasteiger partial charge < -0.3 is 10.3 Å². The molecule has 2 rings (SSSR count). The molecule has 8 heteroatoms. The smallest absolute Gasteiger partial charge is 0.280 e. The van der Waals surface area contributed by atoms with E-state index in [-0.39, 0.29) is 12.6 Å². The fourth-order valence-electron chi connectivity index (χ4n) is 2.28. The second-order valence-electron chi connectivity index (χ2n) is 4.75. The Morgan fingerprint density at radius 2 is 2.37 bits per heavy atom. The number of nitrogens with two attached hydrogens (primary N) is 1. The minimum atomic E-state index is -3.51. The van der Waals surface area contributed by atoms with Crippen molar-refractivity contribution in [3.63, 3.8) is 0 Å². The maximum absolute atomic E-state index is 12.2. The van der Waals surface area contributed by atoms with Crippen molar-refractivity contribution >= 4 is 10.2 Å². The van der Waals surface area contributed by atoms with Gasteiger partial charge in [-0.1, -0.05) is 11.6 Å². The lowest BCUT2D eigenvalue weighted by molar-refractivity contribution is 0.254. The molecular formula is C11H20N4O3S. The van der Waals surface area contributed by atoms with Crippen molar-refractivity contribution in [3.8, 4) is 0 Å². The molecule has 1 unspecified atom stereocenters. The molecular weight excluding hydrogens is 268 g/mol. The molecule has 0 bridgehead atoms. The van der Waals surface area contributed by atoms with Crippen molar-refractivity contribution in [1.82, 2.24) is 14.2 Å². The quantitative estimate of drug-likeness (QED) is 0.802. The van der Waals surface area contributed by atoms with Crippen molar-refractivity contribution in [2.75, 3.05) is 13.1 Å². The summed E-state index contributed by atoms with van der Waals surface area (Å²) in [6, 6.07) is 1.60. The Labute approximate surface area is 113 Å². The van der Waals surface area contributed by atoms with Crippen molar-refractivity contribution in [2.24, 2.45) is 5.73 Å². The third-order valence-corrected chi connectivity index (χ3v) is 4.87. The van der Waals surface area contributed by atoms with Gasteiger partial charge in [-0.3, -0.25) is 0 Å². The van der Waals surface area contributed by atoms with E-state index in [1.807, 2.05) is 0 Å². The molecule has 0 aromatic carbocycles. The van der Waals surface area contributed by atoms with E-state index in [0.717, 1.165) is 19.3 Å². The zero-order valence-corrected chi connectivity index (χ0v) is 11.8. The van der Waals surface area contributed by atoms with Crippen LogP contribution in [0.25, 0.3) is 0 Å². The van der Waals surface area contributed by atoms with E-state index in [1.165, 1.54) is 4.31 Å². The Bertz CT molecular complexity index is 514. The van der Waals surface area contributed by atoms with E-state index < -0.39 is 10.2 Å². The summed E-state index contributed by atoms with van der Waals surface area (Å²) in [6.07, 6.45) is 2.72. The van der Waals surface area contributed by atoms with E-state index in [0.29, 0.717) is 24.5 Å². The van der Waals surface area contributed by atoms with Crippen molar-refractivity contribution in [2.45, 2.75) is 38.8 Å². The van der Waals surface area contributed by atoms with Crippen molar-refractivity contribution < 1.29 is 12.9 Å². The highest BCUT2D eigenvalue weighted by molar-refractivity contribution is 7.87. The third-order valence-electron chi connectivity index (χ3n) is 3.27. The van der Waals surface area contributed by atoms with Crippen molar-refractivity contribution in [3.05, 3.63) is 17.5 Å². The largest absolute Gasteiger partial charge is 0.361 e. The predicted molar refractivity (Wildman–Crippen MR) is 70.4 cm³/mol. The van der Waals surface area contributed by atoms with Crippen LogP contribution in [0.5, 0.6) is 0 Å². The summed E-state index contributed by atoms with van der Waals surface area (Å²) in [5.74, 6) is 0.659. The van der Waals surface area contributed by atoms with E-state index >= 15 is 0 Å². The van der Waals surface area contributed by atoms with E-state index in [1.54, 1.807) is 13.0 Å². The van der Waals surface area contributed by atoms with Crippen LogP contribution in [0.3, 0.4) is 0 Å². The first-order valence-corrected chi connectivity index (χ1v) is 7.85. The third kappa shape index (κ3) is 3.53. The first-order valence-electron chi connectivity index (χ1n) is 6.41. The molecule has 3 N–H and O–H groups in total. The Kier molecular flexibility index (Phi) is 4.56. The number of hydrogen-bond donors (Lipinski definition) is 2. The second kappa shape index (κ2) is 6.00. The number of nitrogens with zero attached hydrogens (tertiary/aromatic N) is 2. The maximum Gasteiger partial charge on any atom is 0.280 e. The first-order chi connectivity index (χ1) is 9.03. The molecule has 1 aromatic rings. The number of rotatable bonds is 5. The highest BCUT2D eigenvalue weighted by Crippen LogP contribution is 2.19. The standard InChI is InChI=1S/C11H20N4O3S/c1-9-6-10(14-18-9)8-13-19(16,17)15-5-3-2-4-11(15)7-12/h6,11,13H,2-5,7-8,12H2,1H3. The lowest BCUT2D eigenvalue weighted by Crippen LogP contribution is -2.51. The van der Waals surface area contributed by atoms with Crippen LogP contribution in [0.2, 0.25) is 0 Å². The van der Waals surface area contributed by atoms with Gasteiger partial charge in [-0.15, -0.1) is 0 Å². The molecule has 0 radical (unpaired) electrons. The average Bonchev–Trinajstić information content (AvgIpc) is 2.82. The molecule has 1 saturated heterocycles. The summed E-state index contributed by atoms with van der Waals surface area (Å²) in [7, 11) is -3.51. The molecule has 2 heterocycles. The highest BCUT2D eigenvalue weighted by Gasteiger charge is 2.31. The van der Waals surface area contributed by atoms with E-state index in [2.05, 4.69) is 9.88 Å². The molecule has 1 fully saturated rings. The van der Waals surface area contributed by atoms with E-state index in [9.17, 15) is 8.42 Å². The molecule has 7 nitrogen and oxygen atoms in total. The van der Waals surface area contributed by atoms with Gasteiger partial charge in [-0.2, -0.15) is 17.4 Å². The minimum absolute atomic E-state index is 0.106. The minimum Gasteiger partial charge on any atom is -0.361 e. The number of aromatic nitrogens is 1. The van der Waals surface area contributed by atoms with E-state index in [4.69, 9.17) is 10.3 Å². The molecule has 19 heavy (non-hydrogen) atoms. The molecule has 108 valence electrons.